The smallest absolute Gasteiger partial charge is 0.107 e. The van der Waals surface area contributed by atoms with Crippen molar-refractivity contribution in [3.63, 3.8) is 0 Å². The van der Waals surface area contributed by atoms with E-state index in [4.69, 9.17) is 10.2 Å². The molecule has 2 nitrogen and oxygen atoms in total. The van der Waals surface area contributed by atoms with Gasteiger partial charge in [0.2, 0.25) is 0 Å². The molecule has 0 heterocycles. The predicted octanol–water partition coefficient (Wildman–Crippen LogP) is 3.35. The van der Waals surface area contributed by atoms with E-state index in [-0.39, 0.29) is 5.76 Å². The first-order valence-corrected chi connectivity index (χ1v) is 3.44. The fourth-order valence-electron chi connectivity index (χ4n) is 0. The second-order valence-electron chi connectivity index (χ2n) is 1.18. The molecule has 0 bridgehead atoms. The highest BCUT2D eigenvalue weighted by molar-refractivity contribution is 4.98. The maximum atomic E-state index is 8.05. The molecule has 11 heavy (non-hydrogen) atoms. The number of allylic oxidation sites excluding steroid dienone is 2. The zero-order chi connectivity index (χ0) is 9.70. The first kappa shape index (κ1) is 16.4. The Balaban J connectivity index is -0.0000000965. The minimum absolute atomic E-state index is 0.0185. The van der Waals surface area contributed by atoms with Gasteiger partial charge < -0.3 is 10.2 Å². The van der Waals surface area contributed by atoms with Crippen LogP contribution in [0.15, 0.2) is 37.3 Å². The Hall–Kier alpha value is -1.18. The zero-order valence-corrected chi connectivity index (χ0v) is 7.54. The number of aliphatic hydroxyl groups is 2. The molecule has 0 saturated carbocycles. The summed E-state index contributed by atoms with van der Waals surface area (Å²) in [7, 11) is 0. The van der Waals surface area contributed by atoms with Gasteiger partial charge in [0.1, 0.15) is 5.76 Å². The van der Waals surface area contributed by atoms with E-state index in [2.05, 4.69) is 13.2 Å². The summed E-state index contributed by atoms with van der Waals surface area (Å²) in [6.07, 6.45) is 3.83. The number of hydrogen-bond donors (Lipinski definition) is 2. The summed E-state index contributed by atoms with van der Waals surface area (Å²) < 4.78 is 0. The SMILES string of the molecule is C/C=C\O.C=CC(=C)O.CC. The van der Waals surface area contributed by atoms with Crippen molar-refractivity contribution in [2.45, 2.75) is 20.8 Å². The van der Waals surface area contributed by atoms with E-state index in [1.807, 2.05) is 13.8 Å². The molecule has 0 aromatic rings. The second kappa shape index (κ2) is 23.2. The lowest BCUT2D eigenvalue weighted by molar-refractivity contribution is 0.435. The summed E-state index contributed by atoms with van der Waals surface area (Å²) in [5.41, 5.74) is 0. The molecule has 0 radical (unpaired) electrons. The maximum Gasteiger partial charge on any atom is 0.107 e. The molecule has 0 spiro atoms. The Kier molecular flexibility index (Phi) is 34.7. The van der Waals surface area contributed by atoms with E-state index in [9.17, 15) is 0 Å². The van der Waals surface area contributed by atoms with Crippen LogP contribution in [0.25, 0.3) is 0 Å². The van der Waals surface area contributed by atoms with Gasteiger partial charge in [-0.3, -0.25) is 0 Å². The molecule has 2 N–H and O–H groups in total. The van der Waals surface area contributed by atoms with Gasteiger partial charge in [-0.15, -0.1) is 0 Å². The van der Waals surface area contributed by atoms with Gasteiger partial charge in [0.25, 0.3) is 0 Å². The summed E-state index contributed by atoms with van der Waals surface area (Å²) in [6.45, 7) is 12.1. The number of aliphatic hydroxyl groups excluding tert-OH is 2. The first-order chi connectivity index (χ1) is 5.18. The van der Waals surface area contributed by atoms with Crippen LogP contribution in [-0.4, -0.2) is 10.2 Å². The van der Waals surface area contributed by atoms with Crippen molar-refractivity contribution >= 4 is 0 Å². The van der Waals surface area contributed by atoms with E-state index < -0.39 is 0 Å². The van der Waals surface area contributed by atoms with Gasteiger partial charge in [-0.1, -0.05) is 33.1 Å². The monoisotopic (exact) mass is 158 g/mol. The molecule has 0 aromatic heterocycles. The Morgan fingerprint density at radius 1 is 1.36 bits per heavy atom. The largest absolute Gasteiger partial charge is 0.516 e. The van der Waals surface area contributed by atoms with Crippen molar-refractivity contribution in [1.29, 1.82) is 0 Å². The van der Waals surface area contributed by atoms with Crippen molar-refractivity contribution in [3.8, 4) is 0 Å². The fraction of sp³-hybridized carbons (Fsp3) is 0.333. The topological polar surface area (TPSA) is 40.5 Å². The van der Waals surface area contributed by atoms with Gasteiger partial charge in [0.15, 0.2) is 0 Å². The maximum absolute atomic E-state index is 8.05. The van der Waals surface area contributed by atoms with Gasteiger partial charge in [-0.05, 0) is 13.0 Å². The zero-order valence-electron chi connectivity index (χ0n) is 7.54. The van der Waals surface area contributed by atoms with E-state index in [0.717, 1.165) is 6.26 Å². The van der Waals surface area contributed by atoms with Gasteiger partial charge >= 0.3 is 0 Å². The van der Waals surface area contributed by atoms with E-state index in [1.54, 1.807) is 13.0 Å². The van der Waals surface area contributed by atoms with Crippen LogP contribution in [0.3, 0.4) is 0 Å². The predicted molar refractivity (Wildman–Crippen MR) is 50.8 cm³/mol. The number of hydrogen-bond acceptors (Lipinski definition) is 2. The van der Waals surface area contributed by atoms with Gasteiger partial charge in [0, 0.05) is 0 Å². The van der Waals surface area contributed by atoms with Crippen LogP contribution < -0.4 is 0 Å². The lowest BCUT2D eigenvalue weighted by Gasteiger charge is -1.73. The average Bonchev–Trinajstić information content (AvgIpc) is 2.08. The summed E-state index contributed by atoms with van der Waals surface area (Å²) in [6, 6.07) is 0. The van der Waals surface area contributed by atoms with Crippen LogP contribution in [0.4, 0.5) is 0 Å². The average molecular weight is 158 g/mol. The van der Waals surface area contributed by atoms with Crippen LogP contribution in [0.2, 0.25) is 0 Å². The normalized spacial score (nSPS) is 6.82. The number of rotatable bonds is 1. The molecule has 66 valence electrons. The van der Waals surface area contributed by atoms with Crippen molar-refractivity contribution in [2.75, 3.05) is 0 Å². The van der Waals surface area contributed by atoms with Crippen LogP contribution in [0, 0.1) is 0 Å². The molecule has 0 atom stereocenters. The molecule has 0 aliphatic heterocycles. The van der Waals surface area contributed by atoms with Crippen LogP contribution in [-0.2, 0) is 0 Å². The first-order valence-electron chi connectivity index (χ1n) is 3.44. The molecule has 2 heteroatoms. The highest BCUT2D eigenvalue weighted by Gasteiger charge is 1.62. The van der Waals surface area contributed by atoms with Crippen molar-refractivity contribution < 1.29 is 10.2 Å². The fourth-order valence-corrected chi connectivity index (χ4v) is 0. The quantitative estimate of drug-likeness (QED) is 0.454. The van der Waals surface area contributed by atoms with E-state index >= 15 is 0 Å². The molecule has 0 amide bonds. The molecule has 0 fully saturated rings. The highest BCUT2D eigenvalue weighted by atomic mass is 16.3. The van der Waals surface area contributed by atoms with Crippen LogP contribution in [0.5, 0.6) is 0 Å². The summed E-state index contributed by atoms with van der Waals surface area (Å²) in [5.74, 6) is 0.0185. The standard InChI is InChI=1S/C4H6O.C3H6O.C2H6/c1-3-4(2)5;1-2-3-4;1-2/h3,5H,1-2H2;2-4H,1H3;1-2H3/b;3-2-;. The Bertz CT molecular complexity index is 100. The minimum atomic E-state index is 0.0185. The molecule has 0 unspecified atom stereocenters. The Labute approximate surface area is 69.2 Å². The molecular weight excluding hydrogens is 140 g/mol. The lowest BCUT2D eigenvalue weighted by atomic mass is 10.6. The van der Waals surface area contributed by atoms with Gasteiger partial charge in [-0.25, -0.2) is 0 Å². The third kappa shape index (κ3) is 124. The third-order valence-corrected chi connectivity index (χ3v) is 0.385. The summed E-state index contributed by atoms with van der Waals surface area (Å²) in [5, 5.41) is 15.7. The van der Waals surface area contributed by atoms with Crippen LogP contribution in [0.1, 0.15) is 20.8 Å². The third-order valence-electron chi connectivity index (χ3n) is 0.385. The Morgan fingerprint density at radius 2 is 1.55 bits per heavy atom. The minimum Gasteiger partial charge on any atom is -0.516 e. The molecule has 0 rings (SSSR count). The van der Waals surface area contributed by atoms with E-state index in [1.165, 1.54) is 6.08 Å². The van der Waals surface area contributed by atoms with Gasteiger partial charge in [0.05, 0.1) is 6.26 Å². The lowest BCUT2D eigenvalue weighted by Crippen LogP contribution is -1.59. The molecule has 0 saturated heterocycles. The van der Waals surface area contributed by atoms with E-state index in [0.29, 0.717) is 0 Å². The van der Waals surface area contributed by atoms with Crippen LogP contribution >= 0.6 is 0 Å². The van der Waals surface area contributed by atoms with Gasteiger partial charge in [-0.2, -0.15) is 0 Å². The highest BCUT2D eigenvalue weighted by Crippen LogP contribution is 1.75. The summed E-state index contributed by atoms with van der Waals surface area (Å²) >= 11 is 0. The van der Waals surface area contributed by atoms with Crippen molar-refractivity contribution in [3.05, 3.63) is 37.3 Å². The van der Waals surface area contributed by atoms with Crippen molar-refractivity contribution in [2.24, 2.45) is 0 Å². The van der Waals surface area contributed by atoms with Crippen molar-refractivity contribution in [1.82, 2.24) is 0 Å². The Morgan fingerprint density at radius 3 is 1.55 bits per heavy atom. The summed E-state index contributed by atoms with van der Waals surface area (Å²) in [4.78, 5) is 0. The molecule has 0 aliphatic rings. The second-order valence-corrected chi connectivity index (χ2v) is 1.18. The molecule has 0 aliphatic carbocycles. The molecule has 0 aromatic carbocycles. The molecular formula is C9H18O2.